The summed E-state index contributed by atoms with van der Waals surface area (Å²) in [4.78, 5) is 29.1. The van der Waals surface area contributed by atoms with Crippen LogP contribution in [0.3, 0.4) is 0 Å². The van der Waals surface area contributed by atoms with Gasteiger partial charge in [0, 0.05) is 0 Å². The molecule has 1 aliphatic rings. The second-order valence-corrected chi connectivity index (χ2v) is 5.13. The zero-order valence-electron chi connectivity index (χ0n) is 10.9. The van der Waals surface area contributed by atoms with Crippen LogP contribution in [0, 0.1) is 5.92 Å². The molecule has 0 unspecified atom stereocenters. The van der Waals surface area contributed by atoms with Crippen molar-refractivity contribution in [1.29, 1.82) is 0 Å². The van der Waals surface area contributed by atoms with Gasteiger partial charge in [-0.25, -0.2) is 4.98 Å². The first-order chi connectivity index (χ1) is 9.09. The van der Waals surface area contributed by atoms with Crippen molar-refractivity contribution in [3.63, 3.8) is 0 Å². The fourth-order valence-corrected chi connectivity index (χ4v) is 2.59. The van der Waals surface area contributed by atoms with Gasteiger partial charge in [0.2, 0.25) is 5.91 Å². The maximum absolute atomic E-state index is 12.6. The number of rotatable bonds is 1. The maximum Gasteiger partial charge on any atom is 0.262 e. The van der Waals surface area contributed by atoms with Crippen molar-refractivity contribution >= 4 is 16.8 Å². The van der Waals surface area contributed by atoms with Gasteiger partial charge in [-0.3, -0.25) is 14.2 Å². The van der Waals surface area contributed by atoms with Crippen LogP contribution in [0.4, 0.5) is 0 Å². The van der Waals surface area contributed by atoms with Crippen molar-refractivity contribution in [3.8, 4) is 0 Å². The van der Waals surface area contributed by atoms with Crippen LogP contribution < -0.4 is 10.9 Å². The Morgan fingerprint density at radius 2 is 2.05 bits per heavy atom. The number of amides is 1. The second-order valence-electron chi connectivity index (χ2n) is 5.13. The Bertz CT molecular complexity index is 718. The normalized spacial score (nSPS) is 18.5. The van der Waals surface area contributed by atoms with Gasteiger partial charge in [0.25, 0.3) is 5.56 Å². The molecule has 0 radical (unpaired) electrons. The lowest BCUT2D eigenvalue weighted by Gasteiger charge is -2.29. The Labute approximate surface area is 110 Å². The van der Waals surface area contributed by atoms with E-state index in [1.54, 1.807) is 10.6 Å². The van der Waals surface area contributed by atoms with Gasteiger partial charge in [-0.05, 0) is 18.1 Å². The van der Waals surface area contributed by atoms with Crippen LogP contribution in [0.5, 0.6) is 0 Å². The molecular weight excluding hydrogens is 242 g/mol. The molecule has 0 aliphatic carbocycles. The lowest BCUT2D eigenvalue weighted by Crippen LogP contribution is -2.47. The molecule has 0 bridgehead atoms. The summed E-state index contributed by atoms with van der Waals surface area (Å²) in [7, 11) is 0. The van der Waals surface area contributed by atoms with Gasteiger partial charge in [0.15, 0.2) is 0 Å². The predicted octanol–water partition coefficient (Wildman–Crippen LogP) is 1.22. The van der Waals surface area contributed by atoms with Gasteiger partial charge in [0.05, 0.1) is 17.4 Å². The average molecular weight is 257 g/mol. The first kappa shape index (κ1) is 11.9. The molecule has 98 valence electrons. The molecule has 2 aromatic rings. The van der Waals surface area contributed by atoms with Gasteiger partial charge >= 0.3 is 0 Å². The number of carbonyl (C=O) groups is 1. The third-order valence-corrected chi connectivity index (χ3v) is 3.48. The van der Waals surface area contributed by atoms with E-state index in [0.717, 1.165) is 0 Å². The highest BCUT2D eigenvalue weighted by Crippen LogP contribution is 2.22. The minimum absolute atomic E-state index is 0.0414. The smallest absolute Gasteiger partial charge is 0.262 e. The highest BCUT2D eigenvalue weighted by molar-refractivity contribution is 5.83. The zero-order valence-corrected chi connectivity index (χ0v) is 10.9. The van der Waals surface area contributed by atoms with Gasteiger partial charge in [-0.2, -0.15) is 0 Å². The van der Waals surface area contributed by atoms with E-state index in [0.29, 0.717) is 23.3 Å². The van der Waals surface area contributed by atoms with Crippen molar-refractivity contribution in [2.75, 3.05) is 0 Å². The molecule has 0 saturated heterocycles. The highest BCUT2D eigenvalue weighted by Gasteiger charge is 2.31. The molecule has 0 saturated carbocycles. The zero-order chi connectivity index (χ0) is 13.6. The monoisotopic (exact) mass is 257 g/mol. The summed E-state index contributed by atoms with van der Waals surface area (Å²) in [6.07, 6.45) is 0. The summed E-state index contributed by atoms with van der Waals surface area (Å²) in [6, 6.07) is 6.76. The van der Waals surface area contributed by atoms with Gasteiger partial charge < -0.3 is 5.32 Å². The SMILES string of the molecule is CC(C)[C@H]1C(=O)NCc2nc3ccccc3c(=O)n21. The van der Waals surface area contributed by atoms with E-state index in [1.165, 1.54) is 0 Å². The van der Waals surface area contributed by atoms with E-state index >= 15 is 0 Å². The Balaban J connectivity index is 2.36. The summed E-state index contributed by atoms with van der Waals surface area (Å²) in [6.45, 7) is 4.17. The highest BCUT2D eigenvalue weighted by atomic mass is 16.2. The van der Waals surface area contributed by atoms with Gasteiger partial charge in [-0.15, -0.1) is 0 Å². The van der Waals surface area contributed by atoms with Gasteiger partial charge in [0.1, 0.15) is 11.9 Å². The van der Waals surface area contributed by atoms with E-state index in [4.69, 9.17) is 0 Å². The molecular formula is C14H15N3O2. The second kappa shape index (κ2) is 4.19. The van der Waals surface area contributed by atoms with Crippen LogP contribution in [0.15, 0.2) is 29.1 Å². The third kappa shape index (κ3) is 1.73. The van der Waals surface area contributed by atoms with Crippen LogP contribution in [0.1, 0.15) is 25.7 Å². The van der Waals surface area contributed by atoms with Crippen molar-refractivity contribution in [1.82, 2.24) is 14.9 Å². The number of hydrogen-bond donors (Lipinski definition) is 1. The van der Waals surface area contributed by atoms with E-state index in [-0.39, 0.29) is 17.4 Å². The number of benzene rings is 1. The Hall–Kier alpha value is -2.17. The largest absolute Gasteiger partial charge is 0.347 e. The standard InChI is InChI=1S/C14H15N3O2/c1-8(2)12-13(18)15-7-11-16-10-6-4-3-5-9(10)14(19)17(11)12/h3-6,8,12H,7H2,1-2H3,(H,15,18)/t12-/m0/s1. The minimum Gasteiger partial charge on any atom is -0.347 e. The fraction of sp³-hybridized carbons (Fsp3) is 0.357. The van der Waals surface area contributed by atoms with Crippen LogP contribution in [-0.4, -0.2) is 15.5 Å². The molecule has 1 aliphatic heterocycles. The Kier molecular flexibility index (Phi) is 2.62. The molecule has 1 aromatic carbocycles. The fourth-order valence-electron chi connectivity index (χ4n) is 2.59. The molecule has 0 fully saturated rings. The Morgan fingerprint density at radius 1 is 1.32 bits per heavy atom. The van der Waals surface area contributed by atoms with Crippen LogP contribution >= 0.6 is 0 Å². The van der Waals surface area contributed by atoms with Crippen LogP contribution in [0.2, 0.25) is 0 Å². The van der Waals surface area contributed by atoms with Crippen LogP contribution in [0.25, 0.3) is 10.9 Å². The van der Waals surface area contributed by atoms with Crippen molar-refractivity contribution < 1.29 is 4.79 Å². The first-order valence-electron chi connectivity index (χ1n) is 6.37. The molecule has 2 heterocycles. The molecule has 3 rings (SSSR count). The molecule has 5 heteroatoms. The van der Waals surface area contributed by atoms with Gasteiger partial charge in [-0.1, -0.05) is 26.0 Å². The summed E-state index contributed by atoms with van der Waals surface area (Å²) in [5.74, 6) is 0.559. The number of nitrogens with zero attached hydrogens (tertiary/aromatic N) is 2. The third-order valence-electron chi connectivity index (χ3n) is 3.48. The molecule has 0 spiro atoms. The van der Waals surface area contributed by atoms with Crippen molar-refractivity contribution in [2.24, 2.45) is 5.92 Å². The van der Waals surface area contributed by atoms with E-state index in [2.05, 4.69) is 10.3 Å². The van der Waals surface area contributed by atoms with E-state index < -0.39 is 6.04 Å². The summed E-state index contributed by atoms with van der Waals surface area (Å²) < 4.78 is 1.55. The van der Waals surface area contributed by atoms with Crippen molar-refractivity contribution in [2.45, 2.75) is 26.4 Å². The van der Waals surface area contributed by atoms with Crippen molar-refractivity contribution in [3.05, 3.63) is 40.4 Å². The summed E-state index contributed by atoms with van der Waals surface area (Å²) in [5, 5.41) is 3.36. The first-order valence-corrected chi connectivity index (χ1v) is 6.37. The molecule has 5 nitrogen and oxygen atoms in total. The molecule has 1 N–H and O–H groups in total. The summed E-state index contributed by atoms with van der Waals surface area (Å²) in [5.41, 5.74) is 0.548. The number of para-hydroxylation sites is 1. The molecule has 1 aromatic heterocycles. The topological polar surface area (TPSA) is 64.0 Å². The van der Waals surface area contributed by atoms with Crippen LogP contribution in [-0.2, 0) is 11.3 Å². The average Bonchev–Trinajstić information content (AvgIpc) is 2.39. The predicted molar refractivity (Wildman–Crippen MR) is 71.7 cm³/mol. The summed E-state index contributed by atoms with van der Waals surface area (Å²) >= 11 is 0. The molecule has 1 amide bonds. The maximum atomic E-state index is 12.6. The van der Waals surface area contributed by atoms with E-state index in [1.807, 2.05) is 32.0 Å². The number of carbonyl (C=O) groups excluding carboxylic acids is 1. The molecule has 19 heavy (non-hydrogen) atoms. The number of aromatic nitrogens is 2. The lowest BCUT2D eigenvalue weighted by molar-refractivity contribution is -0.127. The molecule has 1 atom stereocenters. The number of nitrogens with one attached hydrogen (secondary N) is 1. The number of hydrogen-bond acceptors (Lipinski definition) is 3. The quantitative estimate of drug-likeness (QED) is 0.835. The number of fused-ring (bicyclic) bond motifs is 2. The lowest BCUT2D eigenvalue weighted by atomic mass is 10.0. The van der Waals surface area contributed by atoms with E-state index in [9.17, 15) is 9.59 Å². The minimum atomic E-state index is -0.478. The Morgan fingerprint density at radius 3 is 2.79 bits per heavy atom.